The van der Waals surface area contributed by atoms with E-state index in [-0.39, 0.29) is 12.1 Å². The highest BCUT2D eigenvalue weighted by atomic mass is 16.5. The molecule has 2 aromatic heterocycles. The lowest BCUT2D eigenvalue weighted by Crippen LogP contribution is -2.38. The molecule has 0 spiro atoms. The SMILES string of the molecule is COc1ccc(CNC(=O)N[C@H](CC(C)C)c2nnc3ccccn23)cc1. The molecule has 7 nitrogen and oxygen atoms in total. The maximum atomic E-state index is 12.5. The summed E-state index contributed by atoms with van der Waals surface area (Å²) in [7, 11) is 1.63. The first kappa shape index (κ1) is 18.7. The Morgan fingerprint density at radius 1 is 1.15 bits per heavy atom. The summed E-state index contributed by atoms with van der Waals surface area (Å²) >= 11 is 0. The summed E-state index contributed by atoms with van der Waals surface area (Å²) in [5.74, 6) is 1.92. The van der Waals surface area contributed by atoms with E-state index in [1.54, 1.807) is 7.11 Å². The Balaban J connectivity index is 1.67. The van der Waals surface area contributed by atoms with Crippen LogP contribution in [0.25, 0.3) is 5.65 Å². The van der Waals surface area contributed by atoms with Gasteiger partial charge in [0, 0.05) is 12.7 Å². The molecule has 0 bridgehead atoms. The summed E-state index contributed by atoms with van der Waals surface area (Å²) in [6, 6.07) is 12.9. The van der Waals surface area contributed by atoms with Gasteiger partial charge < -0.3 is 15.4 Å². The van der Waals surface area contributed by atoms with Crippen molar-refractivity contribution in [2.24, 2.45) is 5.92 Å². The van der Waals surface area contributed by atoms with E-state index in [2.05, 4.69) is 34.7 Å². The number of carbonyl (C=O) groups is 1. The number of urea groups is 1. The topological polar surface area (TPSA) is 80.5 Å². The van der Waals surface area contributed by atoms with E-state index in [0.717, 1.165) is 29.2 Å². The van der Waals surface area contributed by atoms with Crippen LogP contribution in [0.4, 0.5) is 4.79 Å². The second kappa shape index (κ2) is 8.53. The maximum Gasteiger partial charge on any atom is 0.315 e. The van der Waals surface area contributed by atoms with E-state index in [1.807, 2.05) is 53.1 Å². The predicted octanol–water partition coefficient (Wildman–Crippen LogP) is 3.32. The van der Waals surface area contributed by atoms with Crippen molar-refractivity contribution in [3.05, 3.63) is 60.0 Å². The van der Waals surface area contributed by atoms with E-state index < -0.39 is 0 Å². The number of nitrogens with one attached hydrogen (secondary N) is 2. The normalized spacial score (nSPS) is 12.1. The summed E-state index contributed by atoms with van der Waals surface area (Å²) in [5, 5.41) is 14.4. The molecular weight excluding hydrogens is 342 g/mol. The van der Waals surface area contributed by atoms with E-state index in [1.165, 1.54) is 0 Å². The minimum absolute atomic E-state index is 0.224. The molecule has 0 saturated carbocycles. The third-order valence-corrected chi connectivity index (χ3v) is 4.28. The van der Waals surface area contributed by atoms with Gasteiger partial charge in [0.2, 0.25) is 0 Å². The molecule has 1 aromatic carbocycles. The van der Waals surface area contributed by atoms with Crippen molar-refractivity contribution in [2.75, 3.05) is 7.11 Å². The summed E-state index contributed by atoms with van der Waals surface area (Å²) in [5.41, 5.74) is 1.76. The second-order valence-corrected chi connectivity index (χ2v) is 6.84. The van der Waals surface area contributed by atoms with Crippen LogP contribution >= 0.6 is 0 Å². The maximum absolute atomic E-state index is 12.5. The van der Waals surface area contributed by atoms with Gasteiger partial charge in [-0.3, -0.25) is 4.40 Å². The molecule has 27 heavy (non-hydrogen) atoms. The minimum Gasteiger partial charge on any atom is -0.497 e. The number of amides is 2. The number of ether oxygens (including phenoxy) is 1. The third kappa shape index (κ3) is 4.75. The number of pyridine rings is 1. The highest BCUT2D eigenvalue weighted by Gasteiger charge is 2.21. The number of aromatic nitrogens is 3. The first-order valence-electron chi connectivity index (χ1n) is 9.03. The summed E-state index contributed by atoms with van der Waals surface area (Å²) in [6.45, 7) is 4.67. The Bertz CT molecular complexity index is 889. The molecule has 0 fully saturated rings. The average Bonchev–Trinajstić information content (AvgIpc) is 3.10. The van der Waals surface area contributed by atoms with Crippen LogP contribution in [0.15, 0.2) is 48.7 Å². The van der Waals surface area contributed by atoms with Crippen LogP contribution in [0.1, 0.15) is 37.7 Å². The van der Waals surface area contributed by atoms with Gasteiger partial charge in [0.25, 0.3) is 0 Å². The number of rotatable bonds is 7. The molecule has 0 radical (unpaired) electrons. The van der Waals surface area contributed by atoms with Gasteiger partial charge in [-0.05, 0) is 42.2 Å². The number of hydrogen-bond acceptors (Lipinski definition) is 4. The Kier molecular flexibility index (Phi) is 5.90. The van der Waals surface area contributed by atoms with Crippen molar-refractivity contribution in [3.8, 4) is 5.75 Å². The molecular formula is C20H25N5O2. The van der Waals surface area contributed by atoms with Crippen LogP contribution in [-0.2, 0) is 6.54 Å². The molecule has 1 atom stereocenters. The average molecular weight is 367 g/mol. The van der Waals surface area contributed by atoms with Crippen LogP contribution in [-0.4, -0.2) is 27.7 Å². The van der Waals surface area contributed by atoms with Crippen LogP contribution in [0.2, 0.25) is 0 Å². The van der Waals surface area contributed by atoms with E-state index in [4.69, 9.17) is 4.74 Å². The third-order valence-electron chi connectivity index (χ3n) is 4.28. The summed E-state index contributed by atoms with van der Waals surface area (Å²) < 4.78 is 7.06. The lowest BCUT2D eigenvalue weighted by molar-refractivity contribution is 0.234. The largest absolute Gasteiger partial charge is 0.497 e. The number of methoxy groups -OCH3 is 1. The number of fused-ring (bicyclic) bond motifs is 1. The molecule has 0 aliphatic carbocycles. The summed E-state index contributed by atoms with van der Waals surface area (Å²) in [6.07, 6.45) is 2.68. The zero-order valence-corrected chi connectivity index (χ0v) is 15.8. The van der Waals surface area contributed by atoms with Crippen molar-refractivity contribution in [1.82, 2.24) is 25.2 Å². The Labute approximate surface area is 158 Å². The molecule has 0 unspecified atom stereocenters. The molecule has 2 amide bonds. The van der Waals surface area contributed by atoms with Gasteiger partial charge in [-0.15, -0.1) is 10.2 Å². The zero-order chi connectivity index (χ0) is 19.2. The Morgan fingerprint density at radius 2 is 1.93 bits per heavy atom. The fourth-order valence-electron chi connectivity index (χ4n) is 2.93. The first-order chi connectivity index (χ1) is 13.1. The van der Waals surface area contributed by atoms with Crippen LogP contribution in [0.3, 0.4) is 0 Å². The van der Waals surface area contributed by atoms with Gasteiger partial charge in [-0.25, -0.2) is 4.79 Å². The van der Waals surface area contributed by atoms with Gasteiger partial charge >= 0.3 is 6.03 Å². The lowest BCUT2D eigenvalue weighted by Gasteiger charge is -2.19. The monoisotopic (exact) mass is 367 g/mol. The van der Waals surface area contributed by atoms with Crippen molar-refractivity contribution in [1.29, 1.82) is 0 Å². The number of nitrogens with zero attached hydrogens (tertiary/aromatic N) is 3. The molecule has 3 rings (SSSR count). The molecule has 7 heteroatoms. The van der Waals surface area contributed by atoms with Crippen molar-refractivity contribution < 1.29 is 9.53 Å². The molecule has 0 saturated heterocycles. The molecule has 2 heterocycles. The fourth-order valence-corrected chi connectivity index (χ4v) is 2.93. The smallest absolute Gasteiger partial charge is 0.315 e. The Morgan fingerprint density at radius 3 is 2.63 bits per heavy atom. The highest BCUT2D eigenvalue weighted by Crippen LogP contribution is 2.20. The first-order valence-corrected chi connectivity index (χ1v) is 9.03. The van der Waals surface area contributed by atoms with Crippen LogP contribution in [0.5, 0.6) is 5.75 Å². The van der Waals surface area contributed by atoms with Gasteiger partial charge in [0.1, 0.15) is 5.75 Å². The summed E-state index contributed by atoms with van der Waals surface area (Å²) in [4.78, 5) is 12.5. The molecule has 0 aliphatic heterocycles. The zero-order valence-electron chi connectivity index (χ0n) is 15.8. The molecule has 3 aromatic rings. The molecule has 0 aliphatic rings. The van der Waals surface area contributed by atoms with Crippen molar-refractivity contribution >= 4 is 11.7 Å². The molecule has 2 N–H and O–H groups in total. The van der Waals surface area contributed by atoms with Crippen molar-refractivity contribution in [3.63, 3.8) is 0 Å². The number of benzene rings is 1. The van der Waals surface area contributed by atoms with Gasteiger partial charge in [-0.1, -0.05) is 32.0 Å². The Hall–Kier alpha value is -3.09. The molecule has 142 valence electrons. The van der Waals surface area contributed by atoms with Gasteiger partial charge in [-0.2, -0.15) is 0 Å². The minimum atomic E-state index is -0.232. The van der Waals surface area contributed by atoms with Crippen LogP contribution < -0.4 is 15.4 Å². The van der Waals surface area contributed by atoms with E-state index in [9.17, 15) is 4.79 Å². The quantitative estimate of drug-likeness (QED) is 0.671. The van der Waals surface area contributed by atoms with Crippen molar-refractivity contribution in [2.45, 2.75) is 32.9 Å². The standard InChI is InChI=1S/C20H25N5O2/c1-14(2)12-17(19-24-23-18-6-4-5-11-25(18)19)22-20(26)21-13-15-7-9-16(27-3)10-8-15/h4-11,14,17H,12-13H2,1-3H3,(H2,21,22,26)/t17-/m1/s1. The number of hydrogen-bond donors (Lipinski definition) is 2. The van der Waals surface area contributed by atoms with Gasteiger partial charge in [0.15, 0.2) is 11.5 Å². The highest BCUT2D eigenvalue weighted by molar-refractivity contribution is 5.74. The predicted molar refractivity (Wildman–Crippen MR) is 104 cm³/mol. The lowest BCUT2D eigenvalue weighted by atomic mass is 10.0. The van der Waals surface area contributed by atoms with Crippen LogP contribution in [0, 0.1) is 5.92 Å². The second-order valence-electron chi connectivity index (χ2n) is 6.84. The number of carbonyl (C=O) groups excluding carboxylic acids is 1. The fraction of sp³-hybridized carbons (Fsp3) is 0.350. The van der Waals surface area contributed by atoms with E-state index in [0.29, 0.717) is 12.5 Å². The van der Waals surface area contributed by atoms with Gasteiger partial charge in [0.05, 0.1) is 13.2 Å². The van der Waals surface area contributed by atoms with E-state index >= 15 is 0 Å².